The summed E-state index contributed by atoms with van der Waals surface area (Å²) < 4.78 is 0. The summed E-state index contributed by atoms with van der Waals surface area (Å²) in [5.41, 5.74) is 5.54. The number of hydrogen-bond acceptors (Lipinski definition) is 1. The van der Waals surface area contributed by atoms with Crippen molar-refractivity contribution in [3.8, 4) is 0 Å². The molecule has 0 radical (unpaired) electrons. The number of fused-ring (bicyclic) bond motifs is 2. The van der Waals surface area contributed by atoms with Crippen molar-refractivity contribution in [1.82, 2.24) is 0 Å². The first-order valence-electron chi connectivity index (χ1n) is 13.9. The Kier molecular flexibility index (Phi) is 7.52. The Morgan fingerprint density at radius 2 is 0.718 bits per heavy atom. The van der Waals surface area contributed by atoms with Gasteiger partial charge in [-0.2, -0.15) is 0 Å². The van der Waals surface area contributed by atoms with Gasteiger partial charge in [0.05, 0.1) is 0 Å². The molecular formula is C38H34S. The van der Waals surface area contributed by atoms with E-state index in [1.807, 2.05) is 0 Å². The fourth-order valence-electron chi connectivity index (χ4n) is 5.76. The lowest BCUT2D eigenvalue weighted by Gasteiger charge is -2.33. The number of benzene rings is 6. The molecule has 0 aliphatic heterocycles. The third-order valence-corrected chi connectivity index (χ3v) is 10.0. The van der Waals surface area contributed by atoms with Crippen molar-refractivity contribution in [3.05, 3.63) is 168 Å². The standard InChI is InChI=1S/C38H34S/c1-27(29-13-5-3-6-14-29)37(35-23-21-31-17-9-11-19-33(31)25-35)39-38(28(2)30-15-7-4-8-16-30)36-24-22-32-18-10-12-20-34(32)26-36/h3-28,37-38H,1-2H3. The Morgan fingerprint density at radius 3 is 1.13 bits per heavy atom. The van der Waals surface area contributed by atoms with Crippen LogP contribution >= 0.6 is 11.8 Å². The second-order valence-corrected chi connectivity index (χ2v) is 11.9. The maximum Gasteiger partial charge on any atom is 0.0369 e. The van der Waals surface area contributed by atoms with Crippen LogP contribution in [0.1, 0.15) is 58.4 Å². The second-order valence-electron chi connectivity index (χ2n) is 10.6. The third-order valence-electron chi connectivity index (χ3n) is 8.06. The number of hydrogen-bond donors (Lipinski definition) is 0. The molecule has 39 heavy (non-hydrogen) atoms. The van der Waals surface area contributed by atoms with Crippen molar-refractivity contribution in [2.75, 3.05) is 0 Å². The van der Waals surface area contributed by atoms with Crippen LogP contribution in [-0.4, -0.2) is 0 Å². The summed E-state index contributed by atoms with van der Waals surface area (Å²) in [4.78, 5) is 0. The summed E-state index contributed by atoms with van der Waals surface area (Å²) in [5.74, 6) is 0.701. The minimum absolute atomic E-state index is 0.291. The molecule has 0 fully saturated rings. The van der Waals surface area contributed by atoms with Gasteiger partial charge in [0.1, 0.15) is 0 Å². The smallest absolute Gasteiger partial charge is 0.0369 e. The highest BCUT2D eigenvalue weighted by Gasteiger charge is 2.30. The number of rotatable bonds is 8. The molecule has 0 aliphatic carbocycles. The zero-order valence-electron chi connectivity index (χ0n) is 22.6. The van der Waals surface area contributed by atoms with E-state index in [4.69, 9.17) is 0 Å². The molecule has 0 saturated heterocycles. The monoisotopic (exact) mass is 522 g/mol. The molecule has 192 valence electrons. The predicted molar refractivity (Wildman–Crippen MR) is 171 cm³/mol. The molecule has 0 N–H and O–H groups in total. The van der Waals surface area contributed by atoms with Crippen molar-refractivity contribution in [1.29, 1.82) is 0 Å². The number of thioether (sulfide) groups is 1. The lowest BCUT2D eigenvalue weighted by molar-refractivity contribution is 0.705. The Balaban J connectivity index is 1.47. The summed E-state index contributed by atoms with van der Waals surface area (Å²) in [6.45, 7) is 4.79. The molecule has 6 rings (SSSR count). The van der Waals surface area contributed by atoms with Gasteiger partial charge in [-0.15, -0.1) is 11.8 Å². The van der Waals surface area contributed by atoms with Crippen LogP contribution in [0.5, 0.6) is 0 Å². The average Bonchev–Trinajstić information content (AvgIpc) is 3.01. The summed E-state index contributed by atoms with van der Waals surface area (Å²) in [6.07, 6.45) is 0. The SMILES string of the molecule is CC(c1ccccc1)C(SC(c1ccc2ccccc2c1)C(C)c1ccccc1)c1ccc2ccccc2c1. The van der Waals surface area contributed by atoms with Crippen molar-refractivity contribution in [3.63, 3.8) is 0 Å². The second kappa shape index (κ2) is 11.5. The molecule has 0 bridgehead atoms. The predicted octanol–water partition coefficient (Wildman–Crippen LogP) is 11.1. The van der Waals surface area contributed by atoms with Crippen molar-refractivity contribution in [2.45, 2.75) is 36.2 Å². The highest BCUT2D eigenvalue weighted by Crippen LogP contribution is 2.53. The zero-order valence-corrected chi connectivity index (χ0v) is 23.4. The first kappa shape index (κ1) is 25.5. The largest absolute Gasteiger partial charge is 0.144 e. The Hall–Kier alpha value is -3.81. The van der Waals surface area contributed by atoms with Crippen LogP contribution in [-0.2, 0) is 0 Å². The van der Waals surface area contributed by atoms with E-state index in [-0.39, 0.29) is 0 Å². The van der Waals surface area contributed by atoms with Gasteiger partial charge >= 0.3 is 0 Å². The molecule has 0 saturated carbocycles. The summed E-state index contributed by atoms with van der Waals surface area (Å²) >= 11 is 2.12. The van der Waals surface area contributed by atoms with Gasteiger partial charge in [0.25, 0.3) is 0 Å². The van der Waals surface area contributed by atoms with Gasteiger partial charge in [-0.25, -0.2) is 0 Å². The summed E-state index contributed by atoms with van der Waals surface area (Å²) in [6, 6.07) is 53.6. The van der Waals surface area contributed by atoms with Crippen LogP contribution in [0.3, 0.4) is 0 Å². The van der Waals surface area contributed by atoms with Gasteiger partial charge in [0.15, 0.2) is 0 Å². The van der Waals surface area contributed by atoms with E-state index in [2.05, 4.69) is 171 Å². The van der Waals surface area contributed by atoms with Gasteiger partial charge in [-0.1, -0.05) is 159 Å². The average molecular weight is 523 g/mol. The summed E-state index contributed by atoms with van der Waals surface area (Å²) in [5, 5.41) is 5.78. The van der Waals surface area contributed by atoms with E-state index in [0.29, 0.717) is 22.3 Å². The van der Waals surface area contributed by atoms with Gasteiger partial charge in [0, 0.05) is 10.5 Å². The zero-order chi connectivity index (χ0) is 26.6. The van der Waals surface area contributed by atoms with Crippen LogP contribution in [0.2, 0.25) is 0 Å². The van der Waals surface area contributed by atoms with Crippen molar-refractivity contribution < 1.29 is 0 Å². The fraction of sp³-hybridized carbons (Fsp3) is 0.158. The van der Waals surface area contributed by atoms with Crippen molar-refractivity contribution in [2.24, 2.45) is 0 Å². The highest BCUT2D eigenvalue weighted by molar-refractivity contribution is 7.99. The maximum absolute atomic E-state index is 2.41. The quantitative estimate of drug-likeness (QED) is 0.191. The molecule has 6 aromatic carbocycles. The van der Waals surface area contributed by atoms with Crippen LogP contribution in [0.4, 0.5) is 0 Å². The van der Waals surface area contributed by atoms with E-state index in [1.165, 1.54) is 43.8 Å². The van der Waals surface area contributed by atoms with E-state index < -0.39 is 0 Å². The lowest BCUT2D eigenvalue weighted by atomic mass is 9.91. The minimum atomic E-state index is 0.291. The van der Waals surface area contributed by atoms with Gasteiger partial charge in [0.2, 0.25) is 0 Å². The van der Waals surface area contributed by atoms with E-state index in [9.17, 15) is 0 Å². The molecule has 0 aromatic heterocycles. The highest BCUT2D eigenvalue weighted by atomic mass is 32.2. The Morgan fingerprint density at radius 1 is 0.359 bits per heavy atom. The molecule has 4 unspecified atom stereocenters. The van der Waals surface area contributed by atoms with Crippen molar-refractivity contribution >= 4 is 33.3 Å². The van der Waals surface area contributed by atoms with Gasteiger partial charge < -0.3 is 0 Å². The topological polar surface area (TPSA) is 0 Å². The first-order valence-corrected chi connectivity index (χ1v) is 14.8. The van der Waals surface area contributed by atoms with Crippen LogP contribution in [0.15, 0.2) is 146 Å². The first-order chi connectivity index (χ1) is 19.2. The van der Waals surface area contributed by atoms with Crippen LogP contribution in [0.25, 0.3) is 21.5 Å². The van der Waals surface area contributed by atoms with E-state index in [1.54, 1.807) is 0 Å². The Bertz CT molecular complexity index is 1540. The molecule has 0 heterocycles. The molecule has 0 aliphatic rings. The van der Waals surface area contributed by atoms with Crippen LogP contribution in [0, 0.1) is 0 Å². The molecule has 6 aromatic rings. The Labute approximate surface area is 236 Å². The van der Waals surface area contributed by atoms with E-state index >= 15 is 0 Å². The molecule has 0 amide bonds. The molecule has 1 heteroatoms. The third kappa shape index (κ3) is 5.51. The van der Waals surface area contributed by atoms with Gasteiger partial charge in [-0.3, -0.25) is 0 Å². The fourth-order valence-corrected chi connectivity index (χ4v) is 7.47. The molecule has 0 spiro atoms. The van der Waals surface area contributed by atoms with Crippen LogP contribution < -0.4 is 0 Å². The van der Waals surface area contributed by atoms with Gasteiger partial charge in [-0.05, 0) is 55.6 Å². The normalized spacial score (nSPS) is 14.6. The van der Waals surface area contributed by atoms with E-state index in [0.717, 1.165) is 0 Å². The molecule has 0 nitrogen and oxygen atoms in total. The minimum Gasteiger partial charge on any atom is -0.144 e. The molecular weight excluding hydrogens is 488 g/mol. The lowest BCUT2D eigenvalue weighted by Crippen LogP contribution is -2.12. The maximum atomic E-state index is 2.41. The molecule has 4 atom stereocenters. The summed E-state index contributed by atoms with van der Waals surface area (Å²) in [7, 11) is 0.